The van der Waals surface area contributed by atoms with Crippen LogP contribution >= 0.6 is 0 Å². The molecule has 1 unspecified atom stereocenters. The van der Waals surface area contributed by atoms with Crippen LogP contribution < -0.4 is 0 Å². The van der Waals surface area contributed by atoms with Crippen LogP contribution in [0.25, 0.3) is 11.8 Å². The summed E-state index contributed by atoms with van der Waals surface area (Å²) in [5.74, 6) is -1.11. The van der Waals surface area contributed by atoms with Gasteiger partial charge in [-0.25, -0.2) is 22.5 Å². The van der Waals surface area contributed by atoms with E-state index >= 15 is 0 Å². The van der Waals surface area contributed by atoms with E-state index in [1.54, 1.807) is 29.1 Å². The lowest BCUT2D eigenvalue weighted by Gasteiger charge is -2.44. The summed E-state index contributed by atoms with van der Waals surface area (Å²) in [5, 5.41) is 4.43. The number of benzene rings is 2. The van der Waals surface area contributed by atoms with Gasteiger partial charge in [-0.3, -0.25) is 4.79 Å². The molecule has 0 radical (unpaired) electrons. The number of alkyl halides is 3. The normalized spacial score (nSPS) is 19.6. The van der Waals surface area contributed by atoms with E-state index in [1.165, 1.54) is 24.6 Å². The minimum atomic E-state index is -4.61. The molecule has 2 aliphatic rings. The summed E-state index contributed by atoms with van der Waals surface area (Å²) in [6.07, 6.45) is 1.55. The van der Waals surface area contributed by atoms with Gasteiger partial charge in [0.15, 0.2) is 0 Å². The van der Waals surface area contributed by atoms with Gasteiger partial charge in [0.05, 0.1) is 39.6 Å². The van der Waals surface area contributed by atoms with E-state index in [0.29, 0.717) is 34.7 Å². The molecule has 6 rings (SSSR count). The fourth-order valence-corrected chi connectivity index (χ4v) is 6.81. The zero-order valence-electron chi connectivity index (χ0n) is 20.6. The Labute approximate surface area is 225 Å². The molecule has 13 heteroatoms. The lowest BCUT2D eigenvalue weighted by Crippen LogP contribution is -2.53. The Balaban J connectivity index is 1.40. The smallest absolute Gasteiger partial charge is 0.416 e. The van der Waals surface area contributed by atoms with E-state index in [4.69, 9.17) is 4.42 Å². The number of halogens is 4. The van der Waals surface area contributed by atoms with Gasteiger partial charge in [0.1, 0.15) is 12.1 Å². The van der Waals surface area contributed by atoms with Crippen LogP contribution in [0.4, 0.5) is 17.6 Å². The summed E-state index contributed by atoms with van der Waals surface area (Å²) < 4.78 is 87.8. The topological polar surface area (TPSA) is 98.3 Å². The summed E-state index contributed by atoms with van der Waals surface area (Å²) in [7, 11) is -4.26. The predicted molar refractivity (Wildman–Crippen MR) is 133 cm³/mol. The number of hydrogen-bond donors (Lipinski definition) is 0. The van der Waals surface area contributed by atoms with E-state index in [9.17, 15) is 30.8 Å². The molecule has 206 valence electrons. The van der Waals surface area contributed by atoms with Crippen LogP contribution in [0.5, 0.6) is 0 Å². The highest BCUT2D eigenvalue weighted by atomic mass is 32.2. The van der Waals surface area contributed by atoms with Gasteiger partial charge in [0.25, 0.3) is 5.89 Å². The van der Waals surface area contributed by atoms with Crippen molar-refractivity contribution in [1.82, 2.24) is 19.1 Å². The van der Waals surface area contributed by atoms with Crippen LogP contribution in [-0.2, 0) is 22.6 Å². The second-order valence-electron chi connectivity index (χ2n) is 9.65. The molecule has 4 aromatic rings. The van der Waals surface area contributed by atoms with E-state index in [2.05, 4.69) is 10.1 Å². The first-order chi connectivity index (χ1) is 19.0. The monoisotopic (exact) mass is 572 g/mol. The van der Waals surface area contributed by atoms with Crippen LogP contribution in [0.1, 0.15) is 33.9 Å². The third kappa shape index (κ3) is 4.25. The average Bonchev–Trinajstić information content (AvgIpc) is 3.61. The number of ketones is 1. The number of nitrogens with zero attached hydrogens (tertiary/aromatic N) is 4. The number of aromatic nitrogens is 3. The number of piperidine rings is 1. The SMILES string of the molecule is O=C(c1ncco1)C12Cc3cnn(-c4ccc(F)cc4)c3C=C1CCN(S(=O)(=O)c1ccc(C(F)(F)F)cc1)C2. The molecule has 0 spiro atoms. The molecular weight excluding hydrogens is 552 g/mol. The highest BCUT2D eigenvalue weighted by Crippen LogP contribution is 2.47. The van der Waals surface area contributed by atoms with Crippen molar-refractivity contribution in [2.24, 2.45) is 5.41 Å². The van der Waals surface area contributed by atoms with Gasteiger partial charge in [0, 0.05) is 13.1 Å². The van der Waals surface area contributed by atoms with Gasteiger partial charge in [0.2, 0.25) is 15.8 Å². The largest absolute Gasteiger partial charge is 0.442 e. The first kappa shape index (κ1) is 26.1. The Morgan fingerprint density at radius 1 is 1.05 bits per heavy atom. The Hall–Kier alpha value is -4.10. The fourth-order valence-electron chi connectivity index (χ4n) is 5.31. The molecule has 3 heterocycles. The standard InChI is InChI=1S/C27H20F4N4O4S/c28-20-3-5-21(6-4-20)35-23-13-19-9-11-34(40(37,38)22-7-1-18(2-8-22)27(29,30)31)16-26(19,14-17(23)15-33-35)24(36)25-32-10-12-39-25/h1-8,10,12-13,15H,9,11,14,16H2. The zero-order chi connectivity index (χ0) is 28.3. The molecule has 1 atom stereocenters. The summed E-state index contributed by atoms with van der Waals surface area (Å²) in [5.41, 5.74) is 0.229. The first-order valence-corrected chi connectivity index (χ1v) is 13.6. The molecule has 0 saturated carbocycles. The quantitative estimate of drug-likeness (QED) is 0.249. The van der Waals surface area contributed by atoms with Crippen LogP contribution in [0, 0.1) is 11.2 Å². The van der Waals surface area contributed by atoms with Gasteiger partial charge in [-0.05, 0) is 73.0 Å². The Kier molecular flexibility index (Phi) is 6.04. The van der Waals surface area contributed by atoms with Gasteiger partial charge in [-0.15, -0.1) is 0 Å². The van der Waals surface area contributed by atoms with Crippen molar-refractivity contribution < 1.29 is 35.2 Å². The third-order valence-corrected chi connectivity index (χ3v) is 9.19. The number of carbonyl (C=O) groups excluding carboxylic acids is 1. The van der Waals surface area contributed by atoms with Crippen molar-refractivity contribution >= 4 is 21.9 Å². The number of carbonyl (C=O) groups is 1. The summed E-state index contributed by atoms with van der Waals surface area (Å²) >= 11 is 0. The second kappa shape index (κ2) is 9.24. The highest BCUT2D eigenvalue weighted by Gasteiger charge is 2.52. The molecule has 2 aromatic carbocycles. The maximum atomic E-state index is 13.9. The minimum absolute atomic E-state index is 0.00415. The molecule has 1 fully saturated rings. The number of oxazole rings is 1. The Morgan fingerprint density at radius 2 is 1.77 bits per heavy atom. The summed E-state index contributed by atoms with van der Waals surface area (Å²) in [6, 6.07) is 9.01. The molecule has 1 aliphatic carbocycles. The van der Waals surface area contributed by atoms with Crippen molar-refractivity contribution in [3.8, 4) is 5.69 Å². The molecule has 40 heavy (non-hydrogen) atoms. The molecular formula is C27H20F4N4O4S. The van der Waals surface area contributed by atoms with Gasteiger partial charge in [-0.1, -0.05) is 5.57 Å². The van der Waals surface area contributed by atoms with Gasteiger partial charge < -0.3 is 4.42 Å². The lowest BCUT2D eigenvalue weighted by atomic mass is 9.66. The highest BCUT2D eigenvalue weighted by molar-refractivity contribution is 7.89. The maximum absolute atomic E-state index is 13.9. The molecule has 8 nitrogen and oxygen atoms in total. The molecule has 2 aromatic heterocycles. The lowest BCUT2D eigenvalue weighted by molar-refractivity contribution is -0.137. The molecule has 1 aliphatic heterocycles. The van der Waals surface area contributed by atoms with Crippen molar-refractivity contribution in [3.05, 3.63) is 101 Å². The second-order valence-corrected chi connectivity index (χ2v) is 11.6. The maximum Gasteiger partial charge on any atom is 0.416 e. The van der Waals surface area contributed by atoms with Gasteiger partial charge in [-0.2, -0.15) is 22.6 Å². The van der Waals surface area contributed by atoms with Crippen LogP contribution in [0.2, 0.25) is 0 Å². The molecule has 1 saturated heterocycles. The van der Waals surface area contributed by atoms with Gasteiger partial charge >= 0.3 is 6.18 Å². The van der Waals surface area contributed by atoms with E-state index in [1.807, 2.05) is 0 Å². The zero-order valence-corrected chi connectivity index (χ0v) is 21.4. The average molecular weight is 573 g/mol. The Morgan fingerprint density at radius 3 is 2.42 bits per heavy atom. The number of hydrogen-bond acceptors (Lipinski definition) is 6. The minimum Gasteiger partial charge on any atom is -0.442 e. The predicted octanol–water partition coefficient (Wildman–Crippen LogP) is 4.92. The molecule has 0 amide bonds. The van der Waals surface area contributed by atoms with E-state index < -0.39 is 38.8 Å². The van der Waals surface area contributed by atoms with E-state index in [-0.39, 0.29) is 36.7 Å². The fraction of sp³-hybridized carbons (Fsp3) is 0.222. The number of rotatable bonds is 5. The summed E-state index contributed by atoms with van der Waals surface area (Å²) in [6.45, 7) is -0.277. The number of fused-ring (bicyclic) bond motifs is 2. The van der Waals surface area contributed by atoms with Crippen molar-refractivity contribution in [3.63, 3.8) is 0 Å². The number of Topliss-reactive ketones (excluding diaryl/α,β-unsaturated/α-hetero) is 1. The first-order valence-electron chi connectivity index (χ1n) is 12.1. The number of sulfonamides is 1. The van der Waals surface area contributed by atoms with Crippen LogP contribution in [-0.4, -0.2) is 46.4 Å². The van der Waals surface area contributed by atoms with Crippen molar-refractivity contribution in [2.75, 3.05) is 13.1 Å². The molecule has 0 N–H and O–H groups in total. The van der Waals surface area contributed by atoms with Crippen molar-refractivity contribution in [2.45, 2.75) is 23.9 Å². The van der Waals surface area contributed by atoms with E-state index in [0.717, 1.165) is 16.4 Å². The summed E-state index contributed by atoms with van der Waals surface area (Å²) in [4.78, 5) is 17.6. The molecule has 0 bridgehead atoms. The van der Waals surface area contributed by atoms with Crippen molar-refractivity contribution in [1.29, 1.82) is 0 Å². The van der Waals surface area contributed by atoms with Crippen LogP contribution in [0.15, 0.2) is 82.1 Å². The third-order valence-electron chi connectivity index (χ3n) is 7.33. The van der Waals surface area contributed by atoms with Crippen LogP contribution in [0.3, 0.4) is 0 Å². The Bertz CT molecular complexity index is 1730.